The second-order valence-electron chi connectivity index (χ2n) is 6.32. The molecule has 1 atom stereocenters. The van der Waals surface area contributed by atoms with Gasteiger partial charge in [0.25, 0.3) is 0 Å². The largest absolute Gasteiger partial charge is 0.416 e. The molecule has 3 nitrogen and oxygen atoms in total. The Kier molecular flexibility index (Phi) is 5.02. The van der Waals surface area contributed by atoms with Crippen LogP contribution in [0.25, 0.3) is 0 Å². The van der Waals surface area contributed by atoms with Crippen LogP contribution in [0, 0.1) is 0 Å². The van der Waals surface area contributed by atoms with Crippen molar-refractivity contribution in [1.82, 2.24) is 5.32 Å². The van der Waals surface area contributed by atoms with E-state index in [4.69, 9.17) is 0 Å². The number of carbonyl (C=O) groups excluding carboxylic acids is 1. The first kappa shape index (κ1) is 18.0. The van der Waals surface area contributed by atoms with Crippen LogP contribution in [0.3, 0.4) is 0 Å². The number of halogens is 3. The van der Waals surface area contributed by atoms with Crippen LogP contribution in [-0.4, -0.2) is 18.5 Å². The normalized spacial score (nSPS) is 16.7. The number of alkyl halides is 3. The van der Waals surface area contributed by atoms with Crippen LogP contribution in [0.4, 0.5) is 18.9 Å². The minimum absolute atomic E-state index is 0.124. The second kappa shape index (κ2) is 7.23. The molecule has 0 radical (unpaired) electrons. The molecule has 0 fully saturated rings. The van der Waals surface area contributed by atoms with E-state index in [1.807, 2.05) is 29.2 Å². The minimum Gasteiger partial charge on any atom is -0.365 e. The Morgan fingerprint density at radius 3 is 2.73 bits per heavy atom. The van der Waals surface area contributed by atoms with Crippen LogP contribution in [-0.2, 0) is 23.9 Å². The summed E-state index contributed by atoms with van der Waals surface area (Å²) >= 11 is 0. The van der Waals surface area contributed by atoms with Crippen LogP contribution < -0.4 is 10.2 Å². The van der Waals surface area contributed by atoms with E-state index in [1.54, 1.807) is 6.07 Å². The summed E-state index contributed by atoms with van der Waals surface area (Å²) in [5.74, 6) is -0.256. The number of hydrogen-bond donors (Lipinski definition) is 1. The van der Waals surface area contributed by atoms with Crippen molar-refractivity contribution in [2.24, 2.45) is 0 Å². The van der Waals surface area contributed by atoms with Gasteiger partial charge in [-0.05, 0) is 41.8 Å². The topological polar surface area (TPSA) is 32.3 Å². The maximum atomic E-state index is 13.0. The summed E-state index contributed by atoms with van der Waals surface area (Å²) in [4.78, 5) is 13.6. The van der Waals surface area contributed by atoms with E-state index in [2.05, 4.69) is 11.9 Å². The van der Waals surface area contributed by atoms with E-state index >= 15 is 0 Å². The van der Waals surface area contributed by atoms with Gasteiger partial charge in [-0.2, -0.15) is 13.2 Å². The number of amides is 1. The van der Waals surface area contributed by atoms with Gasteiger partial charge >= 0.3 is 6.18 Å². The van der Waals surface area contributed by atoms with Crippen molar-refractivity contribution in [2.75, 3.05) is 11.4 Å². The van der Waals surface area contributed by atoms with Crippen molar-refractivity contribution >= 4 is 11.6 Å². The number of para-hydroxylation sites is 1. The Labute approximate surface area is 150 Å². The minimum atomic E-state index is -4.36. The van der Waals surface area contributed by atoms with E-state index in [1.165, 1.54) is 18.2 Å². The number of rotatable bonds is 4. The van der Waals surface area contributed by atoms with Gasteiger partial charge in [-0.25, -0.2) is 0 Å². The van der Waals surface area contributed by atoms with Crippen molar-refractivity contribution in [3.63, 3.8) is 0 Å². The van der Waals surface area contributed by atoms with Gasteiger partial charge in [0.1, 0.15) is 0 Å². The first-order valence-corrected chi connectivity index (χ1v) is 8.29. The molecule has 6 heteroatoms. The number of fused-ring (bicyclic) bond motifs is 1. The average molecular weight is 360 g/mol. The Bertz CT molecular complexity index is 817. The van der Waals surface area contributed by atoms with Crippen LogP contribution in [0.5, 0.6) is 0 Å². The van der Waals surface area contributed by atoms with Crippen molar-refractivity contribution < 1.29 is 18.0 Å². The zero-order chi connectivity index (χ0) is 18.7. The van der Waals surface area contributed by atoms with Crippen molar-refractivity contribution in [3.8, 4) is 0 Å². The molecule has 136 valence electrons. The van der Waals surface area contributed by atoms with E-state index < -0.39 is 11.7 Å². The highest BCUT2D eigenvalue weighted by atomic mass is 19.4. The van der Waals surface area contributed by atoms with Crippen LogP contribution in [0.2, 0.25) is 0 Å². The molecular weight excluding hydrogens is 341 g/mol. The van der Waals surface area contributed by atoms with Crippen molar-refractivity contribution in [2.45, 2.75) is 25.2 Å². The molecule has 0 saturated carbocycles. The summed E-state index contributed by atoms with van der Waals surface area (Å²) in [5.41, 5.74) is 1.95. The Balaban J connectivity index is 1.86. The predicted molar refractivity (Wildman–Crippen MR) is 94.8 cm³/mol. The smallest absolute Gasteiger partial charge is 0.365 e. The average Bonchev–Trinajstić information content (AvgIpc) is 2.61. The zero-order valence-corrected chi connectivity index (χ0v) is 14.1. The highest BCUT2D eigenvalue weighted by Crippen LogP contribution is 2.32. The van der Waals surface area contributed by atoms with E-state index in [0.717, 1.165) is 17.3 Å². The monoisotopic (exact) mass is 360 g/mol. The Morgan fingerprint density at radius 1 is 1.23 bits per heavy atom. The quantitative estimate of drug-likeness (QED) is 0.838. The number of hydrogen-bond acceptors (Lipinski definition) is 2. The molecular formula is C20H19F3N2O. The van der Waals surface area contributed by atoms with Gasteiger partial charge in [-0.15, -0.1) is 0 Å². The fourth-order valence-corrected chi connectivity index (χ4v) is 3.26. The number of anilines is 1. The highest BCUT2D eigenvalue weighted by molar-refractivity contribution is 5.87. The summed E-state index contributed by atoms with van der Waals surface area (Å²) < 4.78 is 38.9. The summed E-state index contributed by atoms with van der Waals surface area (Å²) in [6.07, 6.45) is -2.47. The molecule has 2 aromatic rings. The van der Waals surface area contributed by atoms with Gasteiger partial charge in [-0.3, -0.25) is 4.79 Å². The van der Waals surface area contributed by atoms with Gasteiger partial charge in [0.05, 0.1) is 11.6 Å². The third-order valence-corrected chi connectivity index (χ3v) is 4.40. The lowest BCUT2D eigenvalue weighted by atomic mass is 9.97. The van der Waals surface area contributed by atoms with Crippen LogP contribution in [0.15, 0.2) is 61.2 Å². The van der Waals surface area contributed by atoms with Gasteiger partial charge in [-0.1, -0.05) is 36.9 Å². The Hall–Kier alpha value is -2.76. The number of nitrogens with one attached hydrogen (secondary N) is 1. The predicted octanol–water partition coefficient (Wildman–Crippen LogP) is 3.94. The van der Waals surface area contributed by atoms with E-state index in [-0.39, 0.29) is 11.9 Å². The number of benzene rings is 2. The van der Waals surface area contributed by atoms with Gasteiger partial charge < -0.3 is 10.2 Å². The van der Waals surface area contributed by atoms with E-state index in [0.29, 0.717) is 25.1 Å². The molecule has 1 heterocycles. The van der Waals surface area contributed by atoms with E-state index in [9.17, 15) is 18.0 Å². The van der Waals surface area contributed by atoms with Gasteiger partial charge in [0.15, 0.2) is 0 Å². The molecule has 1 N–H and O–H groups in total. The standard InChI is InChI=1S/C20H19F3N2O/c1-2-19(26)24-17-11-15-7-3-4-9-18(15)25(13-17)12-14-6-5-8-16(10-14)20(21,22)23/h2-10,17H,1,11-13H2,(H,24,26)/t17-/m1/s1. The maximum absolute atomic E-state index is 13.0. The molecule has 2 aromatic carbocycles. The molecule has 0 spiro atoms. The molecule has 26 heavy (non-hydrogen) atoms. The summed E-state index contributed by atoms with van der Waals surface area (Å²) in [7, 11) is 0. The third-order valence-electron chi connectivity index (χ3n) is 4.40. The fourth-order valence-electron chi connectivity index (χ4n) is 3.26. The lowest BCUT2D eigenvalue weighted by molar-refractivity contribution is -0.137. The molecule has 1 amide bonds. The SMILES string of the molecule is C=CC(=O)N[C@@H]1Cc2ccccc2N(Cc2cccc(C(F)(F)F)c2)C1. The van der Waals surface area contributed by atoms with Gasteiger partial charge in [0.2, 0.25) is 5.91 Å². The summed E-state index contributed by atoms with van der Waals surface area (Å²) in [6, 6.07) is 13.0. The Morgan fingerprint density at radius 2 is 2.00 bits per heavy atom. The van der Waals surface area contributed by atoms with Crippen molar-refractivity contribution in [1.29, 1.82) is 0 Å². The number of carbonyl (C=O) groups is 1. The van der Waals surface area contributed by atoms with Crippen molar-refractivity contribution in [3.05, 3.63) is 77.9 Å². The summed E-state index contributed by atoms with van der Waals surface area (Å²) in [5, 5.41) is 2.88. The molecule has 0 bridgehead atoms. The molecule has 1 aliphatic rings. The summed E-state index contributed by atoms with van der Waals surface area (Å²) in [6.45, 7) is 4.31. The molecule has 0 aliphatic carbocycles. The zero-order valence-electron chi connectivity index (χ0n) is 14.1. The lowest BCUT2D eigenvalue weighted by Crippen LogP contribution is -2.47. The number of nitrogens with zero attached hydrogens (tertiary/aromatic N) is 1. The molecule has 3 rings (SSSR count). The molecule has 0 aromatic heterocycles. The third kappa shape index (κ3) is 4.07. The van der Waals surface area contributed by atoms with Gasteiger partial charge in [0, 0.05) is 18.8 Å². The first-order chi connectivity index (χ1) is 12.4. The maximum Gasteiger partial charge on any atom is 0.416 e. The fraction of sp³-hybridized carbons (Fsp3) is 0.250. The van der Waals surface area contributed by atoms with Crippen LogP contribution >= 0.6 is 0 Å². The van der Waals surface area contributed by atoms with Crippen LogP contribution in [0.1, 0.15) is 16.7 Å². The highest BCUT2D eigenvalue weighted by Gasteiger charge is 2.31. The first-order valence-electron chi connectivity index (χ1n) is 8.29. The molecule has 0 unspecified atom stereocenters. The second-order valence-corrected chi connectivity index (χ2v) is 6.32. The lowest BCUT2D eigenvalue weighted by Gasteiger charge is -2.36. The molecule has 0 saturated heterocycles. The molecule has 1 aliphatic heterocycles.